The molecule has 34 heavy (non-hydrogen) atoms. The number of ether oxygens (including phenoxy) is 6. The fourth-order valence-corrected chi connectivity index (χ4v) is 3.78. The van der Waals surface area contributed by atoms with Crippen LogP contribution in [0.3, 0.4) is 0 Å². The molecular formula is C18H26N6O10. The first kappa shape index (κ1) is 27.1. The Balaban J connectivity index is 2.47. The maximum Gasteiger partial charge on any atom is 0.303 e. The summed E-state index contributed by atoms with van der Waals surface area (Å²) in [6, 6.07) is -1.38. The highest BCUT2D eigenvalue weighted by Gasteiger charge is 2.54. The molecule has 1 N–H and O–H groups in total. The van der Waals surface area contributed by atoms with Gasteiger partial charge in [-0.15, -0.1) is 0 Å². The van der Waals surface area contributed by atoms with Gasteiger partial charge < -0.3 is 33.5 Å². The number of aliphatic hydroxyl groups is 1. The minimum absolute atomic E-state index is 0.337. The van der Waals surface area contributed by atoms with Crippen molar-refractivity contribution in [1.82, 2.24) is 0 Å². The monoisotopic (exact) mass is 486 g/mol. The van der Waals surface area contributed by atoms with Crippen LogP contribution in [0.2, 0.25) is 0 Å². The SMILES string of the molecule is CC[C@H]1OC(O)[C@H](OC(C)=O)[C@@H]1OC1O[C@@H](CN=[N+]=[N-])[C@@H](OC(C)=O)[C@H](OC(C)=O)[C@H]1N=[N+]=[N-]. The number of carbonyl (C=O) groups is 3. The number of hydrogen-bond donors (Lipinski definition) is 1. The fraction of sp³-hybridized carbons (Fsp3) is 0.833. The molecule has 0 bridgehead atoms. The standard InChI is InChI=1S/C18H26N6O10/c1-5-10-13(16(17(28)32-10)31-9(4)27)34-18-12(22-24-20)15(30-8(3)26)14(29-7(2)25)11(33-18)6-21-23-19/h10-18,28H,5-6H2,1-4H3/t10-,11+,12-,13-,14-,15-,16-,17?,18?/m1/s1. The van der Waals surface area contributed by atoms with Crippen molar-refractivity contribution in [1.29, 1.82) is 0 Å². The van der Waals surface area contributed by atoms with E-state index in [0.29, 0.717) is 6.42 Å². The van der Waals surface area contributed by atoms with E-state index in [9.17, 15) is 19.5 Å². The van der Waals surface area contributed by atoms with Gasteiger partial charge in [-0.1, -0.05) is 17.2 Å². The topological polar surface area (TPSA) is 224 Å². The van der Waals surface area contributed by atoms with Crippen LogP contribution >= 0.6 is 0 Å². The van der Waals surface area contributed by atoms with E-state index in [0.717, 1.165) is 20.8 Å². The van der Waals surface area contributed by atoms with Gasteiger partial charge in [0, 0.05) is 30.6 Å². The van der Waals surface area contributed by atoms with Gasteiger partial charge in [-0.05, 0) is 17.5 Å². The predicted octanol–water partition coefficient (Wildman–Crippen LogP) is 1.01. The average Bonchev–Trinajstić information content (AvgIpc) is 3.04. The van der Waals surface area contributed by atoms with Crippen molar-refractivity contribution in [3.63, 3.8) is 0 Å². The van der Waals surface area contributed by atoms with Crippen LogP contribution in [0.1, 0.15) is 34.1 Å². The van der Waals surface area contributed by atoms with Crippen LogP contribution in [0.25, 0.3) is 20.9 Å². The smallest absolute Gasteiger partial charge is 0.303 e. The third kappa shape index (κ3) is 6.70. The van der Waals surface area contributed by atoms with Gasteiger partial charge in [-0.3, -0.25) is 14.4 Å². The lowest BCUT2D eigenvalue weighted by Crippen LogP contribution is -2.62. The Kier molecular flexibility index (Phi) is 9.86. The molecule has 2 aliphatic rings. The minimum Gasteiger partial charge on any atom is -0.458 e. The van der Waals surface area contributed by atoms with Gasteiger partial charge in [-0.25, -0.2) is 0 Å². The number of azide groups is 2. The van der Waals surface area contributed by atoms with E-state index in [-0.39, 0.29) is 6.54 Å². The second-order valence-corrected chi connectivity index (χ2v) is 7.45. The first-order valence-electron chi connectivity index (χ1n) is 10.3. The summed E-state index contributed by atoms with van der Waals surface area (Å²) in [7, 11) is 0. The lowest BCUT2D eigenvalue weighted by atomic mass is 9.96. The highest BCUT2D eigenvalue weighted by atomic mass is 16.7. The molecule has 2 unspecified atom stereocenters. The number of hydrogen-bond acceptors (Lipinski definition) is 12. The van der Waals surface area contributed by atoms with Gasteiger partial charge in [-0.2, -0.15) is 0 Å². The second kappa shape index (κ2) is 12.4. The second-order valence-electron chi connectivity index (χ2n) is 7.45. The zero-order valence-electron chi connectivity index (χ0n) is 18.9. The van der Waals surface area contributed by atoms with Gasteiger partial charge in [0.05, 0.1) is 12.6 Å². The van der Waals surface area contributed by atoms with Crippen LogP contribution in [0.5, 0.6) is 0 Å². The Morgan fingerprint density at radius 3 is 2.00 bits per heavy atom. The van der Waals surface area contributed by atoms with Crippen LogP contribution in [0.15, 0.2) is 10.2 Å². The lowest BCUT2D eigenvalue weighted by Gasteiger charge is -2.44. The Morgan fingerprint density at radius 1 is 0.882 bits per heavy atom. The summed E-state index contributed by atoms with van der Waals surface area (Å²) in [6.07, 6.45) is -9.55. The van der Waals surface area contributed by atoms with Crippen LogP contribution in [-0.2, 0) is 42.8 Å². The molecule has 0 radical (unpaired) electrons. The van der Waals surface area contributed by atoms with Gasteiger partial charge >= 0.3 is 17.9 Å². The Bertz CT molecular complexity index is 860. The number of rotatable bonds is 9. The van der Waals surface area contributed by atoms with Crippen molar-refractivity contribution in [2.45, 2.75) is 89.4 Å². The number of nitrogens with zero attached hydrogens (tertiary/aromatic N) is 6. The van der Waals surface area contributed by atoms with Gasteiger partial charge in [0.1, 0.15) is 18.2 Å². The molecule has 0 aromatic carbocycles. The van der Waals surface area contributed by atoms with Crippen molar-refractivity contribution in [2.75, 3.05) is 6.54 Å². The molecule has 0 aliphatic carbocycles. The predicted molar refractivity (Wildman–Crippen MR) is 108 cm³/mol. The Hall–Kier alpha value is -3.13. The van der Waals surface area contributed by atoms with E-state index in [1.54, 1.807) is 6.92 Å². The van der Waals surface area contributed by atoms with E-state index in [1.807, 2.05) is 0 Å². The summed E-state index contributed by atoms with van der Waals surface area (Å²) in [5.74, 6) is -2.25. The summed E-state index contributed by atoms with van der Waals surface area (Å²) in [6.45, 7) is 4.71. The van der Waals surface area contributed by atoms with Crippen LogP contribution < -0.4 is 0 Å². The molecule has 0 spiro atoms. The summed E-state index contributed by atoms with van der Waals surface area (Å²) < 4.78 is 32.9. The van der Waals surface area contributed by atoms with E-state index >= 15 is 0 Å². The van der Waals surface area contributed by atoms with Crippen LogP contribution in [0.4, 0.5) is 0 Å². The largest absolute Gasteiger partial charge is 0.458 e. The molecule has 9 atom stereocenters. The van der Waals surface area contributed by atoms with E-state index < -0.39 is 73.2 Å². The van der Waals surface area contributed by atoms with Gasteiger partial charge in [0.2, 0.25) is 0 Å². The number of aliphatic hydroxyl groups excluding tert-OH is 1. The first-order chi connectivity index (χ1) is 16.1. The summed E-state index contributed by atoms with van der Waals surface area (Å²) in [5.41, 5.74) is 17.9. The van der Waals surface area contributed by atoms with Gasteiger partial charge in [0.15, 0.2) is 30.9 Å². The molecule has 2 fully saturated rings. The van der Waals surface area contributed by atoms with Crippen molar-refractivity contribution >= 4 is 17.9 Å². The molecule has 2 aliphatic heterocycles. The number of esters is 3. The van der Waals surface area contributed by atoms with Crippen molar-refractivity contribution in [3.05, 3.63) is 20.9 Å². The zero-order valence-corrected chi connectivity index (χ0v) is 18.9. The Labute approximate surface area is 193 Å². The average molecular weight is 486 g/mol. The highest BCUT2D eigenvalue weighted by molar-refractivity contribution is 5.67. The van der Waals surface area contributed by atoms with E-state index in [1.165, 1.54) is 0 Å². The molecule has 188 valence electrons. The molecule has 2 rings (SSSR count). The molecule has 2 heterocycles. The van der Waals surface area contributed by atoms with E-state index in [4.69, 9.17) is 39.5 Å². The molecule has 0 aromatic heterocycles. The molecule has 2 saturated heterocycles. The maximum atomic E-state index is 11.8. The summed E-state index contributed by atoms with van der Waals surface area (Å²) >= 11 is 0. The van der Waals surface area contributed by atoms with Crippen LogP contribution in [-0.4, -0.2) is 84.8 Å². The lowest BCUT2D eigenvalue weighted by molar-refractivity contribution is -0.284. The third-order valence-electron chi connectivity index (χ3n) is 5.01. The normalized spacial score (nSPS) is 34.8. The van der Waals surface area contributed by atoms with Crippen molar-refractivity contribution < 1.29 is 47.9 Å². The molecular weight excluding hydrogens is 460 g/mol. The quantitative estimate of drug-likeness (QED) is 0.160. The maximum absolute atomic E-state index is 11.8. The first-order valence-corrected chi connectivity index (χ1v) is 10.3. The molecule has 0 saturated carbocycles. The van der Waals surface area contributed by atoms with Crippen molar-refractivity contribution in [3.8, 4) is 0 Å². The minimum atomic E-state index is -1.50. The van der Waals surface area contributed by atoms with Gasteiger partial charge in [0.25, 0.3) is 0 Å². The fourth-order valence-electron chi connectivity index (χ4n) is 3.78. The zero-order chi connectivity index (χ0) is 25.4. The van der Waals surface area contributed by atoms with E-state index in [2.05, 4.69) is 20.1 Å². The molecule has 16 nitrogen and oxygen atoms in total. The van der Waals surface area contributed by atoms with Crippen molar-refractivity contribution in [2.24, 2.45) is 10.2 Å². The summed E-state index contributed by atoms with van der Waals surface area (Å²) in [5, 5.41) is 17.3. The number of carbonyl (C=O) groups excluding carboxylic acids is 3. The van der Waals surface area contributed by atoms with Crippen LogP contribution in [0, 0.1) is 0 Å². The molecule has 0 amide bonds. The molecule has 16 heteroatoms. The Morgan fingerprint density at radius 2 is 1.47 bits per heavy atom. The third-order valence-corrected chi connectivity index (χ3v) is 5.01. The molecule has 0 aromatic rings. The summed E-state index contributed by atoms with van der Waals surface area (Å²) in [4.78, 5) is 40.5. The highest BCUT2D eigenvalue weighted by Crippen LogP contribution is 2.34.